The lowest BCUT2D eigenvalue weighted by Gasteiger charge is -2.29. The number of hydrogen-bond acceptors (Lipinski definition) is 3. The van der Waals surface area contributed by atoms with Crippen molar-refractivity contribution in [1.82, 2.24) is 10.2 Å². The number of nitrogens with zero attached hydrogens (tertiary/aromatic N) is 1. The molecule has 0 saturated heterocycles. The molecule has 2 aromatic carbocycles. The summed E-state index contributed by atoms with van der Waals surface area (Å²) in [7, 11) is 0. The predicted molar refractivity (Wildman–Crippen MR) is 129 cm³/mol. The Bertz CT molecular complexity index is 841. The van der Waals surface area contributed by atoms with Crippen molar-refractivity contribution < 1.29 is 9.59 Å². The minimum Gasteiger partial charge on any atom is -0.352 e. The highest BCUT2D eigenvalue weighted by Gasteiger charge is 2.26. The van der Waals surface area contributed by atoms with Crippen molar-refractivity contribution in [3.63, 3.8) is 0 Å². The van der Waals surface area contributed by atoms with Gasteiger partial charge in [0.2, 0.25) is 11.8 Å². The second-order valence-corrected chi connectivity index (χ2v) is 9.46. The molecular formula is C24H31BrN2O2S. The molecule has 0 aromatic heterocycles. The van der Waals surface area contributed by atoms with Crippen LogP contribution in [0.1, 0.15) is 43.9 Å². The molecule has 2 atom stereocenters. The Morgan fingerprint density at radius 2 is 1.77 bits per heavy atom. The SMILES string of the molecule is CC[C@H](C)NC(=O)[C@H](C)N(Cc1ccc(Br)cc1)C(=O)CSCc1ccccc1C. The highest BCUT2D eigenvalue weighted by molar-refractivity contribution is 9.10. The zero-order chi connectivity index (χ0) is 22.1. The van der Waals surface area contributed by atoms with Crippen molar-refractivity contribution in [2.75, 3.05) is 5.75 Å². The topological polar surface area (TPSA) is 49.4 Å². The third kappa shape index (κ3) is 7.47. The van der Waals surface area contributed by atoms with Gasteiger partial charge in [0.25, 0.3) is 0 Å². The van der Waals surface area contributed by atoms with Crippen LogP contribution in [0.25, 0.3) is 0 Å². The molecule has 30 heavy (non-hydrogen) atoms. The van der Waals surface area contributed by atoms with Crippen LogP contribution in [0.15, 0.2) is 53.0 Å². The van der Waals surface area contributed by atoms with Gasteiger partial charge in [-0.15, -0.1) is 11.8 Å². The van der Waals surface area contributed by atoms with Crippen LogP contribution in [-0.2, 0) is 21.9 Å². The van der Waals surface area contributed by atoms with Crippen LogP contribution in [-0.4, -0.2) is 34.6 Å². The Morgan fingerprint density at radius 3 is 2.40 bits per heavy atom. The van der Waals surface area contributed by atoms with Gasteiger partial charge in [-0.05, 0) is 56.0 Å². The van der Waals surface area contributed by atoms with Crippen LogP contribution < -0.4 is 5.32 Å². The number of halogens is 1. The van der Waals surface area contributed by atoms with E-state index in [-0.39, 0.29) is 17.9 Å². The second kappa shape index (κ2) is 12.2. The smallest absolute Gasteiger partial charge is 0.242 e. The summed E-state index contributed by atoms with van der Waals surface area (Å²) < 4.78 is 0.987. The highest BCUT2D eigenvalue weighted by Crippen LogP contribution is 2.19. The minimum absolute atomic E-state index is 0.0247. The monoisotopic (exact) mass is 490 g/mol. The first-order valence-electron chi connectivity index (χ1n) is 10.3. The van der Waals surface area contributed by atoms with Crippen LogP contribution in [0, 0.1) is 6.92 Å². The van der Waals surface area contributed by atoms with E-state index in [0.29, 0.717) is 12.3 Å². The number of rotatable bonds is 10. The number of benzene rings is 2. The lowest BCUT2D eigenvalue weighted by Crippen LogP contribution is -2.50. The quantitative estimate of drug-likeness (QED) is 0.489. The largest absolute Gasteiger partial charge is 0.352 e. The molecule has 0 aliphatic rings. The zero-order valence-electron chi connectivity index (χ0n) is 18.2. The van der Waals surface area contributed by atoms with Gasteiger partial charge in [0.05, 0.1) is 5.75 Å². The molecule has 0 unspecified atom stereocenters. The zero-order valence-corrected chi connectivity index (χ0v) is 20.6. The number of amides is 2. The Balaban J connectivity index is 2.08. The third-order valence-electron chi connectivity index (χ3n) is 5.18. The summed E-state index contributed by atoms with van der Waals surface area (Å²) >= 11 is 5.03. The fourth-order valence-electron chi connectivity index (χ4n) is 2.94. The van der Waals surface area contributed by atoms with E-state index in [1.165, 1.54) is 11.1 Å². The van der Waals surface area contributed by atoms with Crippen molar-refractivity contribution in [2.24, 2.45) is 0 Å². The van der Waals surface area contributed by atoms with Gasteiger partial charge >= 0.3 is 0 Å². The average Bonchev–Trinajstić information content (AvgIpc) is 2.73. The molecule has 6 heteroatoms. The molecule has 0 aliphatic carbocycles. The van der Waals surface area contributed by atoms with Crippen LogP contribution in [0.3, 0.4) is 0 Å². The van der Waals surface area contributed by atoms with Crippen molar-refractivity contribution in [3.8, 4) is 0 Å². The van der Waals surface area contributed by atoms with Gasteiger partial charge in [-0.1, -0.05) is 59.3 Å². The van der Waals surface area contributed by atoms with Gasteiger partial charge in [0.15, 0.2) is 0 Å². The van der Waals surface area contributed by atoms with E-state index in [2.05, 4.69) is 40.3 Å². The summed E-state index contributed by atoms with van der Waals surface area (Å²) in [6, 6.07) is 15.6. The molecule has 162 valence electrons. The number of nitrogens with one attached hydrogen (secondary N) is 1. The average molecular weight is 491 g/mol. The van der Waals surface area contributed by atoms with Gasteiger partial charge < -0.3 is 10.2 Å². The number of carbonyl (C=O) groups is 2. The molecule has 0 aliphatic heterocycles. The van der Waals surface area contributed by atoms with Crippen molar-refractivity contribution in [2.45, 2.75) is 58.5 Å². The van der Waals surface area contributed by atoms with Gasteiger partial charge in [0, 0.05) is 22.8 Å². The van der Waals surface area contributed by atoms with E-state index >= 15 is 0 Å². The maximum atomic E-state index is 13.1. The predicted octanol–water partition coefficient (Wildman–Crippen LogP) is 5.32. The van der Waals surface area contributed by atoms with Crippen molar-refractivity contribution in [3.05, 3.63) is 69.7 Å². The molecule has 0 saturated carbocycles. The van der Waals surface area contributed by atoms with E-state index < -0.39 is 6.04 Å². The van der Waals surface area contributed by atoms with Gasteiger partial charge in [-0.2, -0.15) is 0 Å². The Hall–Kier alpha value is -1.79. The number of aryl methyl sites for hydroxylation is 1. The summed E-state index contributed by atoms with van der Waals surface area (Å²) in [5.74, 6) is 0.978. The van der Waals surface area contributed by atoms with E-state index in [9.17, 15) is 9.59 Å². The molecule has 1 N–H and O–H groups in total. The highest BCUT2D eigenvalue weighted by atomic mass is 79.9. The summed E-state index contributed by atoms with van der Waals surface area (Å²) in [6.07, 6.45) is 0.853. The Kier molecular flexibility index (Phi) is 9.92. The molecule has 0 heterocycles. The molecule has 2 rings (SSSR count). The van der Waals surface area contributed by atoms with E-state index in [0.717, 1.165) is 22.2 Å². The number of hydrogen-bond donors (Lipinski definition) is 1. The van der Waals surface area contributed by atoms with Crippen LogP contribution in [0.2, 0.25) is 0 Å². The summed E-state index contributed by atoms with van der Waals surface area (Å²) in [4.78, 5) is 27.5. The fraction of sp³-hybridized carbons (Fsp3) is 0.417. The molecular weight excluding hydrogens is 460 g/mol. The van der Waals surface area contributed by atoms with E-state index in [4.69, 9.17) is 0 Å². The third-order valence-corrected chi connectivity index (χ3v) is 6.67. The van der Waals surface area contributed by atoms with E-state index in [1.54, 1.807) is 23.6 Å². The lowest BCUT2D eigenvalue weighted by molar-refractivity contribution is -0.138. The first-order valence-corrected chi connectivity index (χ1v) is 12.2. The molecule has 2 aromatic rings. The normalized spacial score (nSPS) is 12.8. The molecule has 0 spiro atoms. The van der Waals surface area contributed by atoms with Crippen molar-refractivity contribution in [1.29, 1.82) is 0 Å². The maximum absolute atomic E-state index is 13.1. The van der Waals surface area contributed by atoms with Crippen LogP contribution in [0.5, 0.6) is 0 Å². The fourth-order valence-corrected chi connectivity index (χ4v) is 4.19. The maximum Gasteiger partial charge on any atom is 0.242 e. The van der Waals surface area contributed by atoms with Gasteiger partial charge in [-0.25, -0.2) is 0 Å². The molecule has 2 amide bonds. The first-order chi connectivity index (χ1) is 14.3. The Morgan fingerprint density at radius 1 is 1.10 bits per heavy atom. The molecule has 0 bridgehead atoms. The second-order valence-electron chi connectivity index (χ2n) is 7.56. The van der Waals surface area contributed by atoms with Gasteiger partial charge in [-0.3, -0.25) is 9.59 Å². The summed E-state index contributed by atoms with van der Waals surface area (Å²) in [5, 5.41) is 3.00. The summed E-state index contributed by atoms with van der Waals surface area (Å²) in [6.45, 7) is 8.30. The van der Waals surface area contributed by atoms with Crippen LogP contribution in [0.4, 0.5) is 0 Å². The minimum atomic E-state index is -0.533. The summed E-state index contributed by atoms with van der Waals surface area (Å²) in [5.41, 5.74) is 3.46. The first kappa shape index (κ1) is 24.5. The standard InChI is InChI=1S/C24H31BrN2O2S/c1-5-18(3)26-24(29)19(4)27(14-20-10-12-22(25)13-11-20)23(28)16-30-15-21-9-7-6-8-17(21)2/h6-13,18-19H,5,14-16H2,1-4H3,(H,26,29)/t18-,19-/m0/s1. The lowest BCUT2D eigenvalue weighted by atomic mass is 10.1. The molecule has 0 fully saturated rings. The Labute approximate surface area is 192 Å². The molecule has 4 nitrogen and oxygen atoms in total. The number of thioether (sulfide) groups is 1. The van der Waals surface area contributed by atoms with Gasteiger partial charge in [0.1, 0.15) is 6.04 Å². The van der Waals surface area contributed by atoms with Crippen molar-refractivity contribution >= 4 is 39.5 Å². The number of carbonyl (C=O) groups excluding carboxylic acids is 2. The van der Waals surface area contributed by atoms with E-state index in [1.807, 2.05) is 50.2 Å². The molecule has 0 radical (unpaired) electrons. The van der Waals surface area contributed by atoms with Crippen LogP contribution >= 0.6 is 27.7 Å².